The first-order chi connectivity index (χ1) is 9.66. The second-order valence-electron chi connectivity index (χ2n) is 4.74. The summed E-state index contributed by atoms with van der Waals surface area (Å²) in [5.41, 5.74) is 2.02. The van der Waals surface area contributed by atoms with Gasteiger partial charge in [0.1, 0.15) is 0 Å². The van der Waals surface area contributed by atoms with Crippen molar-refractivity contribution in [2.24, 2.45) is 0 Å². The molecule has 0 saturated heterocycles. The number of hydrogen-bond acceptors (Lipinski definition) is 3. The van der Waals surface area contributed by atoms with Crippen LogP contribution in [0.1, 0.15) is 11.6 Å². The van der Waals surface area contributed by atoms with E-state index in [0.717, 1.165) is 5.69 Å². The van der Waals surface area contributed by atoms with E-state index in [1.165, 1.54) is 5.56 Å². The molecule has 0 saturated carbocycles. The molecule has 1 atom stereocenters. The van der Waals surface area contributed by atoms with E-state index in [1.54, 1.807) is 11.3 Å². The van der Waals surface area contributed by atoms with Crippen LogP contribution in [0.15, 0.2) is 47.2 Å². The summed E-state index contributed by atoms with van der Waals surface area (Å²) < 4.78 is 0. The van der Waals surface area contributed by atoms with Gasteiger partial charge in [-0.15, -0.1) is 0 Å². The molecule has 0 radical (unpaired) electrons. The van der Waals surface area contributed by atoms with Crippen molar-refractivity contribution in [1.29, 1.82) is 0 Å². The summed E-state index contributed by atoms with van der Waals surface area (Å²) in [6.07, 6.45) is 0. The minimum absolute atomic E-state index is 0.182. The zero-order valence-corrected chi connectivity index (χ0v) is 12.5. The second kappa shape index (κ2) is 7.07. The molecule has 106 valence electrons. The zero-order valence-electron chi connectivity index (χ0n) is 11.7. The number of urea groups is 1. The van der Waals surface area contributed by atoms with Crippen LogP contribution in [-0.2, 0) is 0 Å². The van der Waals surface area contributed by atoms with Crippen LogP contribution in [0.5, 0.6) is 0 Å². The van der Waals surface area contributed by atoms with Crippen molar-refractivity contribution in [3.05, 3.63) is 52.7 Å². The van der Waals surface area contributed by atoms with Crippen LogP contribution in [-0.4, -0.2) is 31.6 Å². The highest BCUT2D eigenvalue weighted by Crippen LogP contribution is 2.19. The topological polar surface area (TPSA) is 44.4 Å². The van der Waals surface area contributed by atoms with Crippen LogP contribution in [0.4, 0.5) is 10.5 Å². The third kappa shape index (κ3) is 4.08. The first-order valence-corrected chi connectivity index (χ1v) is 7.39. The minimum Gasteiger partial charge on any atom is -0.336 e. The predicted octanol–water partition coefficient (Wildman–Crippen LogP) is 3.17. The number of nitrogens with one attached hydrogen (secondary N) is 2. The molecular formula is C15H19N3OS. The summed E-state index contributed by atoms with van der Waals surface area (Å²) >= 11 is 1.67. The fourth-order valence-corrected chi connectivity index (χ4v) is 2.66. The lowest BCUT2D eigenvalue weighted by molar-refractivity contribution is 0.243. The molecule has 20 heavy (non-hydrogen) atoms. The van der Waals surface area contributed by atoms with Gasteiger partial charge in [-0.2, -0.15) is 11.3 Å². The molecular weight excluding hydrogens is 270 g/mol. The first kappa shape index (κ1) is 14.6. The summed E-state index contributed by atoms with van der Waals surface area (Å²) in [6.45, 7) is 0.572. The number of anilines is 1. The lowest BCUT2D eigenvalue weighted by Crippen LogP contribution is -2.36. The third-order valence-electron chi connectivity index (χ3n) is 3.04. The summed E-state index contributed by atoms with van der Waals surface area (Å²) in [7, 11) is 4.03. The quantitative estimate of drug-likeness (QED) is 0.888. The summed E-state index contributed by atoms with van der Waals surface area (Å²) in [4.78, 5) is 14.0. The molecule has 2 amide bonds. The molecule has 1 aromatic carbocycles. The molecule has 0 unspecified atom stereocenters. The van der Waals surface area contributed by atoms with Crippen molar-refractivity contribution in [2.45, 2.75) is 6.04 Å². The van der Waals surface area contributed by atoms with E-state index in [2.05, 4.69) is 32.4 Å². The molecule has 1 aromatic heterocycles. The average Bonchev–Trinajstić information content (AvgIpc) is 2.93. The van der Waals surface area contributed by atoms with Crippen molar-refractivity contribution in [1.82, 2.24) is 10.2 Å². The van der Waals surface area contributed by atoms with Gasteiger partial charge in [0, 0.05) is 12.2 Å². The van der Waals surface area contributed by atoms with Gasteiger partial charge < -0.3 is 15.5 Å². The number of para-hydroxylation sites is 1. The van der Waals surface area contributed by atoms with E-state index in [9.17, 15) is 4.79 Å². The Kier molecular flexibility index (Phi) is 5.15. The van der Waals surface area contributed by atoms with E-state index in [4.69, 9.17) is 0 Å². The van der Waals surface area contributed by atoms with Crippen LogP contribution in [0.25, 0.3) is 0 Å². The fourth-order valence-electron chi connectivity index (χ4n) is 1.95. The van der Waals surface area contributed by atoms with E-state index in [-0.39, 0.29) is 12.1 Å². The molecule has 4 nitrogen and oxygen atoms in total. The molecule has 2 N–H and O–H groups in total. The number of thiophene rings is 1. The SMILES string of the molecule is CN(C)[C@@H](CNC(=O)Nc1ccccc1)c1ccsc1. The Morgan fingerprint density at radius 3 is 2.60 bits per heavy atom. The molecule has 2 rings (SSSR count). The third-order valence-corrected chi connectivity index (χ3v) is 3.74. The number of amides is 2. The van der Waals surface area contributed by atoms with Gasteiger partial charge >= 0.3 is 6.03 Å². The fraction of sp³-hybridized carbons (Fsp3) is 0.267. The minimum atomic E-state index is -0.182. The maximum absolute atomic E-state index is 11.9. The standard InChI is InChI=1S/C15H19N3OS/c1-18(2)14(12-8-9-20-11-12)10-16-15(19)17-13-6-4-3-5-7-13/h3-9,11,14H,10H2,1-2H3,(H2,16,17,19)/t14-/m0/s1. The van der Waals surface area contributed by atoms with Crippen LogP contribution in [0.2, 0.25) is 0 Å². The van der Waals surface area contributed by atoms with Crippen molar-refractivity contribution >= 4 is 23.1 Å². The summed E-state index contributed by atoms with van der Waals surface area (Å²) in [5, 5.41) is 9.89. The van der Waals surface area contributed by atoms with Crippen molar-refractivity contribution < 1.29 is 4.79 Å². The smallest absolute Gasteiger partial charge is 0.319 e. The number of hydrogen-bond donors (Lipinski definition) is 2. The van der Waals surface area contributed by atoms with E-state index in [1.807, 2.05) is 44.4 Å². The summed E-state index contributed by atoms with van der Waals surface area (Å²) in [5.74, 6) is 0. The Morgan fingerprint density at radius 2 is 2.00 bits per heavy atom. The Balaban J connectivity index is 1.88. The Bertz CT molecular complexity index is 525. The molecule has 0 aliphatic rings. The van der Waals surface area contributed by atoms with E-state index in [0.29, 0.717) is 6.54 Å². The molecule has 0 bridgehead atoms. The first-order valence-electron chi connectivity index (χ1n) is 6.45. The number of likely N-dealkylation sites (N-methyl/N-ethyl adjacent to an activating group) is 1. The second-order valence-corrected chi connectivity index (χ2v) is 5.52. The monoisotopic (exact) mass is 289 g/mol. The highest BCUT2D eigenvalue weighted by molar-refractivity contribution is 7.07. The molecule has 0 spiro atoms. The Labute approximate surface area is 123 Å². The number of nitrogens with zero attached hydrogens (tertiary/aromatic N) is 1. The van der Waals surface area contributed by atoms with E-state index < -0.39 is 0 Å². The van der Waals surface area contributed by atoms with Gasteiger partial charge in [0.15, 0.2) is 0 Å². The molecule has 2 aromatic rings. The number of rotatable bonds is 5. The lowest BCUT2D eigenvalue weighted by atomic mass is 10.1. The largest absolute Gasteiger partial charge is 0.336 e. The molecule has 5 heteroatoms. The van der Waals surface area contributed by atoms with E-state index >= 15 is 0 Å². The number of carbonyl (C=O) groups excluding carboxylic acids is 1. The zero-order chi connectivity index (χ0) is 14.4. The van der Waals surface area contributed by atoms with Gasteiger partial charge in [0.05, 0.1) is 6.04 Å². The normalized spacial score (nSPS) is 12.2. The van der Waals surface area contributed by atoms with Gasteiger partial charge in [-0.1, -0.05) is 18.2 Å². The highest BCUT2D eigenvalue weighted by atomic mass is 32.1. The van der Waals surface area contributed by atoms with Gasteiger partial charge in [0.25, 0.3) is 0 Å². The van der Waals surface area contributed by atoms with Crippen molar-refractivity contribution in [2.75, 3.05) is 26.0 Å². The number of carbonyl (C=O) groups is 1. The maximum Gasteiger partial charge on any atom is 0.319 e. The van der Waals surface area contributed by atoms with Gasteiger partial charge in [-0.3, -0.25) is 0 Å². The van der Waals surface area contributed by atoms with Gasteiger partial charge in [-0.05, 0) is 48.6 Å². The molecule has 0 aliphatic carbocycles. The lowest BCUT2D eigenvalue weighted by Gasteiger charge is -2.24. The van der Waals surface area contributed by atoms with Gasteiger partial charge in [-0.25, -0.2) is 4.79 Å². The number of benzene rings is 1. The maximum atomic E-state index is 11.9. The van der Waals surface area contributed by atoms with Crippen LogP contribution >= 0.6 is 11.3 Å². The summed E-state index contributed by atoms with van der Waals surface area (Å²) in [6, 6.07) is 11.5. The molecule has 1 heterocycles. The van der Waals surface area contributed by atoms with Crippen LogP contribution in [0, 0.1) is 0 Å². The van der Waals surface area contributed by atoms with Crippen molar-refractivity contribution in [3.63, 3.8) is 0 Å². The molecule has 0 fully saturated rings. The predicted molar refractivity (Wildman–Crippen MR) is 84.2 cm³/mol. The van der Waals surface area contributed by atoms with Gasteiger partial charge in [0.2, 0.25) is 0 Å². The Morgan fingerprint density at radius 1 is 1.25 bits per heavy atom. The van der Waals surface area contributed by atoms with Crippen LogP contribution in [0.3, 0.4) is 0 Å². The molecule has 0 aliphatic heterocycles. The Hall–Kier alpha value is -1.85. The highest BCUT2D eigenvalue weighted by Gasteiger charge is 2.15. The average molecular weight is 289 g/mol. The van der Waals surface area contributed by atoms with Crippen LogP contribution < -0.4 is 10.6 Å². The van der Waals surface area contributed by atoms with Crippen molar-refractivity contribution in [3.8, 4) is 0 Å².